The lowest BCUT2D eigenvalue weighted by Gasteiger charge is -2.35. The second-order valence-electron chi connectivity index (χ2n) is 10.1. The van der Waals surface area contributed by atoms with Crippen molar-refractivity contribution in [2.45, 2.75) is 58.0 Å². The monoisotopic (exact) mass is 567 g/mol. The van der Waals surface area contributed by atoms with E-state index in [1.165, 1.54) is 17.0 Å². The highest BCUT2D eigenvalue weighted by molar-refractivity contribution is 6.36. The summed E-state index contributed by atoms with van der Waals surface area (Å²) < 4.78 is 42.0. The fourth-order valence-electron chi connectivity index (χ4n) is 4.22. The molecule has 0 unspecified atom stereocenters. The van der Waals surface area contributed by atoms with E-state index < -0.39 is 35.8 Å². The molecule has 3 heterocycles. The Morgan fingerprint density at radius 3 is 2.66 bits per heavy atom. The molecule has 8 nitrogen and oxygen atoms in total. The number of nitrogens with two attached hydrogens (primary N) is 1. The molecular formula is C26H29Cl2F2N5O3. The number of carbonyl (C=O) groups excluding carboxylic acids is 1. The average Bonchev–Trinajstić information content (AvgIpc) is 3.32. The summed E-state index contributed by atoms with van der Waals surface area (Å²) in [7, 11) is 0. The largest absolute Gasteiger partial charge is 0.482 e. The molecule has 1 aliphatic heterocycles. The molecule has 38 heavy (non-hydrogen) atoms. The average molecular weight is 568 g/mol. The zero-order chi connectivity index (χ0) is 27.8. The highest BCUT2D eigenvalue weighted by Crippen LogP contribution is 2.37. The van der Waals surface area contributed by atoms with Crippen molar-refractivity contribution < 1.29 is 23.0 Å². The van der Waals surface area contributed by atoms with Crippen LogP contribution in [0.4, 0.5) is 19.4 Å². The Hall–Kier alpha value is -3.11. The molecule has 0 radical (unpaired) electrons. The number of ether oxygens (including phenoxy) is 2. The Kier molecular flexibility index (Phi) is 8.04. The summed E-state index contributed by atoms with van der Waals surface area (Å²) in [6.45, 7) is 7.24. The van der Waals surface area contributed by atoms with E-state index in [1.807, 2.05) is 0 Å². The molecule has 2 N–H and O–H groups in total. The second-order valence-corrected chi connectivity index (χ2v) is 10.9. The van der Waals surface area contributed by atoms with Crippen LogP contribution in [0.1, 0.15) is 51.8 Å². The van der Waals surface area contributed by atoms with Gasteiger partial charge in [0.25, 0.3) is 0 Å². The number of pyridine rings is 1. The lowest BCUT2D eigenvalue weighted by molar-refractivity contribution is 0.00576. The smallest absolute Gasteiger partial charge is 0.410 e. The van der Waals surface area contributed by atoms with Gasteiger partial charge in [0.2, 0.25) is 0 Å². The molecule has 0 aliphatic carbocycles. The van der Waals surface area contributed by atoms with Crippen LogP contribution in [0.5, 0.6) is 5.75 Å². The van der Waals surface area contributed by atoms with Gasteiger partial charge in [-0.3, -0.25) is 4.68 Å². The van der Waals surface area contributed by atoms with Gasteiger partial charge in [0, 0.05) is 40.7 Å². The zero-order valence-corrected chi connectivity index (χ0v) is 22.9. The van der Waals surface area contributed by atoms with E-state index in [9.17, 15) is 9.18 Å². The van der Waals surface area contributed by atoms with Gasteiger partial charge in [-0.2, -0.15) is 5.10 Å². The second kappa shape index (κ2) is 10.9. The summed E-state index contributed by atoms with van der Waals surface area (Å²) in [6, 6.07) is 3.70. The summed E-state index contributed by atoms with van der Waals surface area (Å²) >= 11 is 12.3. The molecule has 1 saturated heterocycles. The number of benzene rings is 1. The van der Waals surface area contributed by atoms with Gasteiger partial charge in [-0.25, -0.2) is 18.6 Å². The first-order valence-electron chi connectivity index (χ1n) is 12.1. The van der Waals surface area contributed by atoms with Crippen LogP contribution in [-0.2, 0) is 4.74 Å². The van der Waals surface area contributed by atoms with Gasteiger partial charge < -0.3 is 20.1 Å². The highest BCUT2D eigenvalue weighted by Gasteiger charge is 2.35. The van der Waals surface area contributed by atoms with Crippen molar-refractivity contribution in [3.8, 4) is 16.9 Å². The molecule has 4 rings (SSSR count). The van der Waals surface area contributed by atoms with Gasteiger partial charge in [-0.1, -0.05) is 23.2 Å². The predicted octanol–water partition coefficient (Wildman–Crippen LogP) is 6.63. The Morgan fingerprint density at radius 2 is 1.97 bits per heavy atom. The van der Waals surface area contributed by atoms with E-state index in [4.69, 9.17) is 38.4 Å². The van der Waals surface area contributed by atoms with Crippen LogP contribution < -0.4 is 10.5 Å². The van der Waals surface area contributed by atoms with Crippen molar-refractivity contribution in [3.63, 3.8) is 0 Å². The van der Waals surface area contributed by atoms with E-state index in [0.717, 1.165) is 0 Å². The van der Waals surface area contributed by atoms with E-state index in [0.29, 0.717) is 24.1 Å². The Labute approximate surface area is 229 Å². The first kappa shape index (κ1) is 27.9. The minimum absolute atomic E-state index is 0.0841. The van der Waals surface area contributed by atoms with Crippen molar-refractivity contribution in [2.75, 3.05) is 18.8 Å². The number of hydrogen-bond acceptors (Lipinski definition) is 6. The van der Waals surface area contributed by atoms with Crippen LogP contribution in [0.2, 0.25) is 10.0 Å². The Morgan fingerprint density at radius 1 is 1.24 bits per heavy atom. The Balaban J connectivity index is 1.49. The number of piperidine rings is 1. The molecule has 1 aromatic carbocycles. The van der Waals surface area contributed by atoms with Crippen LogP contribution in [0.25, 0.3) is 11.1 Å². The molecule has 12 heteroatoms. The number of aromatic nitrogens is 3. The van der Waals surface area contributed by atoms with Crippen molar-refractivity contribution in [2.24, 2.45) is 0 Å². The van der Waals surface area contributed by atoms with Crippen LogP contribution >= 0.6 is 23.2 Å². The van der Waals surface area contributed by atoms with Crippen LogP contribution in [0.3, 0.4) is 0 Å². The third-order valence-electron chi connectivity index (χ3n) is 6.10. The summed E-state index contributed by atoms with van der Waals surface area (Å²) in [6.07, 6.45) is 2.64. The molecule has 3 atom stereocenters. The maximum Gasteiger partial charge on any atom is 0.410 e. The molecule has 204 valence electrons. The number of rotatable bonds is 5. The first-order valence-corrected chi connectivity index (χ1v) is 12.8. The van der Waals surface area contributed by atoms with Crippen LogP contribution in [0.15, 0.2) is 36.8 Å². The van der Waals surface area contributed by atoms with Gasteiger partial charge in [0.05, 0.1) is 23.8 Å². The molecule has 0 bridgehead atoms. The number of anilines is 1. The molecular weight excluding hydrogens is 539 g/mol. The van der Waals surface area contributed by atoms with Gasteiger partial charge in [-0.05, 0) is 52.3 Å². The first-order chi connectivity index (χ1) is 17.8. The molecule has 1 aliphatic rings. The van der Waals surface area contributed by atoms with Crippen molar-refractivity contribution >= 4 is 35.1 Å². The number of likely N-dealkylation sites (tertiary alicyclic amines) is 1. The fourth-order valence-corrected chi connectivity index (χ4v) is 4.90. The maximum atomic E-state index is 15.1. The SMILES string of the molecule is C[C@@H](Oc1cc(-c2cnn([C@H]3CCN(C(=O)OC(C)(C)C)C[C@H]3F)c2)cnc1N)c1c(Cl)ccc(F)c1Cl. The van der Waals surface area contributed by atoms with E-state index in [1.54, 1.807) is 57.0 Å². The number of halogens is 4. The summed E-state index contributed by atoms with van der Waals surface area (Å²) in [5.74, 6) is -0.250. The number of amides is 1. The van der Waals surface area contributed by atoms with Gasteiger partial charge >= 0.3 is 6.09 Å². The number of nitrogen functional groups attached to an aromatic ring is 1. The summed E-state index contributed by atoms with van der Waals surface area (Å²) in [5.41, 5.74) is 6.96. The van der Waals surface area contributed by atoms with E-state index in [-0.39, 0.29) is 33.7 Å². The minimum atomic E-state index is -1.32. The van der Waals surface area contributed by atoms with E-state index >= 15 is 4.39 Å². The number of alkyl halides is 1. The molecule has 1 amide bonds. The van der Waals surface area contributed by atoms with Gasteiger partial charge in [-0.15, -0.1) is 0 Å². The quantitative estimate of drug-likeness (QED) is 0.347. The third-order valence-corrected chi connectivity index (χ3v) is 6.82. The Bertz CT molecular complexity index is 1330. The maximum absolute atomic E-state index is 15.1. The van der Waals surface area contributed by atoms with E-state index in [2.05, 4.69) is 10.1 Å². The molecule has 0 spiro atoms. The fraction of sp³-hybridized carbons (Fsp3) is 0.423. The number of nitrogens with zero attached hydrogens (tertiary/aromatic N) is 4. The van der Waals surface area contributed by atoms with Crippen molar-refractivity contribution in [3.05, 3.63) is 58.2 Å². The topological polar surface area (TPSA) is 95.5 Å². The summed E-state index contributed by atoms with van der Waals surface area (Å²) in [4.78, 5) is 17.9. The predicted molar refractivity (Wildman–Crippen MR) is 142 cm³/mol. The standard InChI is InChI=1S/C26H29Cl2F2N5O3/c1-14(22-17(27)5-6-18(29)23(22)28)37-21-9-15(10-32-24(21)31)16-11-33-35(12-16)20-7-8-34(13-19(20)30)25(36)38-26(2,3)4/h5-6,9-12,14,19-20H,7-8,13H2,1-4H3,(H2,31,32)/t14-,19-,20+/m1/s1. The van der Waals surface area contributed by atoms with Crippen LogP contribution in [-0.4, -0.2) is 50.6 Å². The highest BCUT2D eigenvalue weighted by atomic mass is 35.5. The lowest BCUT2D eigenvalue weighted by atomic mass is 10.0. The number of hydrogen-bond donors (Lipinski definition) is 1. The zero-order valence-electron chi connectivity index (χ0n) is 21.4. The van der Waals surface area contributed by atoms with Crippen molar-refractivity contribution in [1.82, 2.24) is 19.7 Å². The van der Waals surface area contributed by atoms with Gasteiger partial charge in [0.15, 0.2) is 11.6 Å². The molecule has 2 aromatic heterocycles. The van der Waals surface area contributed by atoms with Gasteiger partial charge in [0.1, 0.15) is 23.7 Å². The van der Waals surface area contributed by atoms with Crippen molar-refractivity contribution in [1.29, 1.82) is 0 Å². The lowest BCUT2D eigenvalue weighted by Crippen LogP contribution is -2.47. The molecule has 0 saturated carbocycles. The number of carbonyl (C=O) groups is 1. The normalized spacial score (nSPS) is 18.8. The van der Waals surface area contributed by atoms with Crippen LogP contribution in [0, 0.1) is 5.82 Å². The molecule has 1 fully saturated rings. The minimum Gasteiger partial charge on any atom is -0.482 e. The summed E-state index contributed by atoms with van der Waals surface area (Å²) in [5, 5.41) is 4.48. The third kappa shape index (κ3) is 6.13. The molecule has 3 aromatic rings.